The lowest BCUT2D eigenvalue weighted by Gasteiger charge is -1.81. The summed E-state index contributed by atoms with van der Waals surface area (Å²) in [4.78, 5) is 13.8. The van der Waals surface area contributed by atoms with Crippen molar-refractivity contribution in [3.05, 3.63) is 54.6 Å². The molecule has 3 nitrogen and oxygen atoms in total. The molecule has 2 aromatic rings. The summed E-state index contributed by atoms with van der Waals surface area (Å²) in [6.45, 7) is 0. The van der Waals surface area contributed by atoms with Crippen LogP contribution in [0.5, 0.6) is 0 Å². The molecule has 0 bridgehead atoms. The standard InChI is InChI=1S/C7H6O.C4H6N2/c8-6-7-4-2-1-3-5-7;1-6-3-2-5-4-6/h1-6H;2-4H,1H3. The van der Waals surface area contributed by atoms with Gasteiger partial charge in [-0.3, -0.25) is 4.79 Å². The maximum atomic E-state index is 10.0. The van der Waals surface area contributed by atoms with Crippen molar-refractivity contribution in [2.45, 2.75) is 0 Å². The molecule has 0 amide bonds. The van der Waals surface area contributed by atoms with Gasteiger partial charge in [-0.25, -0.2) is 4.98 Å². The largest absolute Gasteiger partial charge is 0.341 e. The van der Waals surface area contributed by atoms with E-state index in [0.29, 0.717) is 0 Å². The molecule has 0 aliphatic rings. The quantitative estimate of drug-likeness (QED) is 0.641. The fourth-order valence-electron chi connectivity index (χ4n) is 0.857. The topological polar surface area (TPSA) is 34.9 Å². The molecule has 0 unspecified atom stereocenters. The van der Waals surface area contributed by atoms with Gasteiger partial charge in [-0.15, -0.1) is 0 Å². The van der Waals surface area contributed by atoms with Crippen LogP contribution in [0.25, 0.3) is 0 Å². The molecule has 0 radical (unpaired) electrons. The van der Waals surface area contributed by atoms with Crippen LogP contribution in [0.15, 0.2) is 49.1 Å². The molecule has 0 fully saturated rings. The molecule has 0 spiro atoms. The lowest BCUT2D eigenvalue weighted by atomic mass is 10.2. The number of benzene rings is 1. The van der Waals surface area contributed by atoms with E-state index in [1.54, 1.807) is 24.7 Å². The van der Waals surface area contributed by atoms with Crippen LogP contribution in [0.3, 0.4) is 0 Å². The second-order valence-electron chi connectivity index (χ2n) is 2.76. The van der Waals surface area contributed by atoms with Crippen molar-refractivity contribution in [1.82, 2.24) is 9.55 Å². The molecule has 1 aromatic heterocycles. The summed E-state index contributed by atoms with van der Waals surface area (Å²) in [6, 6.07) is 9.10. The Morgan fingerprint density at radius 3 is 2.29 bits per heavy atom. The van der Waals surface area contributed by atoms with E-state index in [1.807, 2.05) is 36.0 Å². The number of hydrogen-bond acceptors (Lipinski definition) is 2. The highest BCUT2D eigenvalue weighted by atomic mass is 16.1. The third-order valence-corrected chi connectivity index (χ3v) is 1.57. The van der Waals surface area contributed by atoms with Crippen LogP contribution in [-0.2, 0) is 7.05 Å². The van der Waals surface area contributed by atoms with Crippen LogP contribution < -0.4 is 0 Å². The number of rotatable bonds is 1. The Morgan fingerprint density at radius 1 is 1.29 bits per heavy atom. The second kappa shape index (κ2) is 5.70. The highest BCUT2D eigenvalue weighted by Gasteiger charge is 1.80. The first-order valence-electron chi connectivity index (χ1n) is 4.25. The van der Waals surface area contributed by atoms with Gasteiger partial charge in [-0.2, -0.15) is 0 Å². The van der Waals surface area contributed by atoms with Crippen LogP contribution >= 0.6 is 0 Å². The molecule has 1 heterocycles. The van der Waals surface area contributed by atoms with E-state index in [-0.39, 0.29) is 0 Å². The second-order valence-corrected chi connectivity index (χ2v) is 2.76. The normalized spacial score (nSPS) is 8.64. The molecule has 3 heteroatoms. The number of imidazole rings is 1. The predicted octanol–water partition coefficient (Wildman–Crippen LogP) is 1.92. The zero-order valence-corrected chi connectivity index (χ0v) is 8.00. The lowest BCUT2D eigenvalue weighted by molar-refractivity contribution is 0.112. The maximum Gasteiger partial charge on any atom is 0.150 e. The van der Waals surface area contributed by atoms with Crippen LogP contribution in [0.1, 0.15) is 10.4 Å². The van der Waals surface area contributed by atoms with Crippen molar-refractivity contribution in [3.63, 3.8) is 0 Å². The molecule has 0 saturated carbocycles. The molecule has 0 saturated heterocycles. The van der Waals surface area contributed by atoms with Gasteiger partial charge in [0.05, 0.1) is 6.33 Å². The van der Waals surface area contributed by atoms with E-state index in [4.69, 9.17) is 0 Å². The lowest BCUT2D eigenvalue weighted by Crippen LogP contribution is -1.76. The summed E-state index contributed by atoms with van der Waals surface area (Å²) in [5.74, 6) is 0. The van der Waals surface area contributed by atoms with Gasteiger partial charge < -0.3 is 4.57 Å². The molecule has 14 heavy (non-hydrogen) atoms. The summed E-state index contributed by atoms with van der Waals surface area (Å²) in [6.07, 6.45) is 6.22. The molecule has 1 aromatic carbocycles. The Labute approximate surface area is 83.0 Å². The summed E-state index contributed by atoms with van der Waals surface area (Å²) >= 11 is 0. The molecule has 72 valence electrons. The van der Waals surface area contributed by atoms with E-state index in [2.05, 4.69) is 4.98 Å². The minimum absolute atomic E-state index is 0.729. The number of carbonyl (C=O) groups is 1. The van der Waals surface area contributed by atoms with Gasteiger partial charge in [0.2, 0.25) is 0 Å². The van der Waals surface area contributed by atoms with Crippen molar-refractivity contribution in [2.75, 3.05) is 0 Å². The van der Waals surface area contributed by atoms with E-state index < -0.39 is 0 Å². The van der Waals surface area contributed by atoms with Crippen molar-refractivity contribution in [1.29, 1.82) is 0 Å². The average Bonchev–Trinajstić information content (AvgIpc) is 2.71. The van der Waals surface area contributed by atoms with Crippen molar-refractivity contribution < 1.29 is 4.79 Å². The monoisotopic (exact) mass is 188 g/mol. The third-order valence-electron chi connectivity index (χ3n) is 1.57. The molecule has 0 atom stereocenters. The van der Waals surface area contributed by atoms with Gasteiger partial charge in [-0.1, -0.05) is 30.3 Å². The summed E-state index contributed by atoms with van der Waals surface area (Å²) in [7, 11) is 1.94. The number of aldehydes is 1. The van der Waals surface area contributed by atoms with Gasteiger partial charge in [0.1, 0.15) is 6.29 Å². The summed E-state index contributed by atoms with van der Waals surface area (Å²) in [5.41, 5.74) is 0.729. The first-order valence-corrected chi connectivity index (χ1v) is 4.25. The molecule has 0 aliphatic carbocycles. The van der Waals surface area contributed by atoms with Crippen LogP contribution in [0, 0.1) is 0 Å². The van der Waals surface area contributed by atoms with Crippen LogP contribution in [0.4, 0.5) is 0 Å². The maximum absolute atomic E-state index is 10.0. The number of nitrogens with zero attached hydrogens (tertiary/aromatic N) is 2. The SMILES string of the molecule is Cn1ccnc1.O=Cc1ccccc1. The summed E-state index contributed by atoms with van der Waals surface area (Å²) in [5, 5.41) is 0. The number of aryl methyl sites for hydroxylation is 1. The minimum Gasteiger partial charge on any atom is -0.341 e. The Balaban J connectivity index is 0.000000146. The molecular weight excluding hydrogens is 176 g/mol. The Kier molecular flexibility index (Phi) is 4.14. The van der Waals surface area contributed by atoms with E-state index in [9.17, 15) is 4.79 Å². The fourth-order valence-corrected chi connectivity index (χ4v) is 0.857. The van der Waals surface area contributed by atoms with Gasteiger partial charge >= 0.3 is 0 Å². The predicted molar refractivity (Wildman–Crippen MR) is 55.0 cm³/mol. The fraction of sp³-hybridized carbons (Fsp3) is 0.0909. The molecular formula is C11H12N2O. The Bertz CT molecular complexity index is 354. The van der Waals surface area contributed by atoms with Gasteiger partial charge in [0.15, 0.2) is 0 Å². The highest BCUT2D eigenvalue weighted by molar-refractivity contribution is 5.74. The number of aromatic nitrogens is 2. The first-order chi connectivity index (χ1) is 6.83. The van der Waals surface area contributed by atoms with Crippen molar-refractivity contribution in [3.8, 4) is 0 Å². The Hall–Kier alpha value is -1.90. The van der Waals surface area contributed by atoms with Gasteiger partial charge in [-0.05, 0) is 0 Å². The van der Waals surface area contributed by atoms with Crippen LogP contribution in [-0.4, -0.2) is 15.8 Å². The molecule has 0 aliphatic heterocycles. The first kappa shape index (κ1) is 10.2. The Morgan fingerprint density at radius 2 is 2.00 bits per heavy atom. The van der Waals surface area contributed by atoms with Crippen molar-refractivity contribution in [2.24, 2.45) is 7.05 Å². The smallest absolute Gasteiger partial charge is 0.150 e. The van der Waals surface area contributed by atoms with Gasteiger partial charge in [0.25, 0.3) is 0 Å². The highest BCUT2D eigenvalue weighted by Crippen LogP contribution is 1.91. The average molecular weight is 188 g/mol. The van der Waals surface area contributed by atoms with Crippen LogP contribution in [0.2, 0.25) is 0 Å². The molecule has 2 rings (SSSR count). The van der Waals surface area contributed by atoms with E-state index in [1.165, 1.54) is 0 Å². The number of hydrogen-bond donors (Lipinski definition) is 0. The van der Waals surface area contributed by atoms with E-state index >= 15 is 0 Å². The summed E-state index contributed by atoms with van der Waals surface area (Å²) < 4.78 is 1.89. The third kappa shape index (κ3) is 3.67. The van der Waals surface area contributed by atoms with Crippen molar-refractivity contribution >= 4 is 6.29 Å². The van der Waals surface area contributed by atoms with E-state index in [0.717, 1.165) is 11.8 Å². The zero-order chi connectivity index (χ0) is 10.2. The number of carbonyl (C=O) groups excluding carboxylic acids is 1. The van der Waals surface area contributed by atoms with Gasteiger partial charge in [0, 0.05) is 25.0 Å². The molecule has 0 N–H and O–H groups in total. The zero-order valence-electron chi connectivity index (χ0n) is 8.00. The minimum atomic E-state index is 0.729.